The highest BCUT2D eigenvalue weighted by atomic mass is 16.3. The highest BCUT2D eigenvalue weighted by Crippen LogP contribution is 2.45. The molecule has 0 spiro atoms. The Morgan fingerprint density at radius 2 is 1.10 bits per heavy atom. The van der Waals surface area contributed by atoms with Gasteiger partial charge in [-0.25, -0.2) is 0 Å². The Bertz CT molecular complexity index is 3070. The summed E-state index contributed by atoms with van der Waals surface area (Å²) >= 11 is 0. The maximum Gasteiger partial charge on any atom is 0.146 e. The Morgan fingerprint density at radius 3 is 1.79 bits per heavy atom. The molecule has 0 radical (unpaired) electrons. The number of hydrogen-bond acceptors (Lipinski definition) is 2. The second-order valence-corrected chi connectivity index (χ2v) is 9.89. The molecule has 0 unspecified atom stereocenters. The summed E-state index contributed by atoms with van der Waals surface area (Å²) in [6.07, 6.45) is 1.68. The Morgan fingerprint density at radius 1 is 0.476 bits per heavy atom. The van der Waals surface area contributed by atoms with E-state index in [1.165, 1.54) is 0 Å². The van der Waals surface area contributed by atoms with E-state index in [0.717, 1.165) is 16.5 Å². The van der Waals surface area contributed by atoms with Gasteiger partial charge in [-0.3, -0.25) is 0 Å². The van der Waals surface area contributed by atoms with E-state index < -0.39 is 84.1 Å². The molecule has 0 aliphatic heterocycles. The van der Waals surface area contributed by atoms with E-state index in [2.05, 4.69) is 0 Å². The minimum atomic E-state index is -0.722. The number of benzene rings is 7. The molecule has 0 aliphatic rings. The molecule has 0 N–H and O–H groups in total. The summed E-state index contributed by atoms with van der Waals surface area (Å²) in [5.74, 6) is 0. The Balaban J connectivity index is 1.46. The van der Waals surface area contributed by atoms with Crippen molar-refractivity contribution in [1.82, 2.24) is 0 Å². The van der Waals surface area contributed by atoms with Crippen molar-refractivity contribution in [1.29, 1.82) is 0 Å². The van der Waals surface area contributed by atoms with Crippen LogP contribution in [-0.2, 0) is 0 Å². The zero-order valence-corrected chi connectivity index (χ0v) is 21.7. The zero-order valence-electron chi connectivity index (χ0n) is 34.7. The van der Waals surface area contributed by atoms with Crippen molar-refractivity contribution in [3.63, 3.8) is 0 Å². The lowest BCUT2D eigenvalue weighted by Crippen LogP contribution is -1.90. The minimum absolute atomic E-state index is 0.0250. The molecule has 0 saturated heterocycles. The third-order valence-electron chi connectivity index (χ3n) is 7.67. The molecule has 2 nitrogen and oxygen atoms in total. The molecule has 0 fully saturated rings. The fourth-order valence-electron chi connectivity index (χ4n) is 5.89. The highest BCUT2D eigenvalue weighted by molar-refractivity contribution is 6.23. The molecule has 9 aromatic rings. The van der Waals surface area contributed by atoms with Gasteiger partial charge in [-0.05, 0) is 73.6 Å². The summed E-state index contributed by atoms with van der Waals surface area (Å²) in [7, 11) is 0. The van der Waals surface area contributed by atoms with Gasteiger partial charge in [0, 0.05) is 16.3 Å². The predicted molar refractivity (Wildman–Crippen MR) is 175 cm³/mol. The molecule has 0 aliphatic carbocycles. The van der Waals surface area contributed by atoms with Gasteiger partial charge in [0.25, 0.3) is 0 Å². The fraction of sp³-hybridized carbons (Fsp3) is 0. The zero-order chi connectivity index (χ0) is 38.9. The third kappa shape index (κ3) is 3.33. The summed E-state index contributed by atoms with van der Waals surface area (Å²) in [6.45, 7) is 0. The highest BCUT2D eigenvalue weighted by Gasteiger charge is 2.19. The Labute approximate surface area is 260 Å². The van der Waals surface area contributed by atoms with E-state index in [1.54, 1.807) is 24.5 Å². The molecule has 9 rings (SSSR count). The first kappa shape index (κ1) is 13.8. The van der Waals surface area contributed by atoms with Crippen molar-refractivity contribution in [2.75, 3.05) is 0 Å². The Hall–Kier alpha value is -5.60. The first-order valence-electron chi connectivity index (χ1n) is 19.7. The van der Waals surface area contributed by atoms with E-state index in [-0.39, 0.29) is 38.2 Å². The number of furan rings is 2. The second-order valence-electron chi connectivity index (χ2n) is 9.89. The standard InChI is InChI=1S/C40H24O2/c1-3-11-25(12-4-1)34-24-41-40-32(34)21-22-35-39(40)33-20-19-27(23-36(33)42-35)38-30-17-9-7-15-28(30)37(26-13-5-2-6-14-26)29-16-8-10-18-31(29)38/h1-24H/i2D,5D,6D,7D,8D,9D,10D,13D,14D,15D,16D,17D,18D. The van der Waals surface area contributed by atoms with Gasteiger partial charge < -0.3 is 8.83 Å². The molecule has 2 heteroatoms. The normalized spacial score (nSPS) is 16.1. The number of rotatable bonds is 3. The van der Waals surface area contributed by atoms with Crippen LogP contribution in [0.25, 0.3) is 87.8 Å². The smallest absolute Gasteiger partial charge is 0.146 e. The quantitative estimate of drug-likeness (QED) is 0.205. The number of fused-ring (bicyclic) bond motifs is 7. The summed E-state index contributed by atoms with van der Waals surface area (Å²) < 4.78 is 126. The molecule has 42 heavy (non-hydrogen) atoms. The van der Waals surface area contributed by atoms with Crippen LogP contribution in [0.5, 0.6) is 0 Å². The molecule has 0 atom stereocenters. The molecular weight excluding hydrogens is 512 g/mol. The van der Waals surface area contributed by atoms with Crippen LogP contribution < -0.4 is 0 Å². The van der Waals surface area contributed by atoms with Crippen LogP contribution in [0.3, 0.4) is 0 Å². The van der Waals surface area contributed by atoms with Gasteiger partial charge in [-0.15, -0.1) is 0 Å². The SMILES string of the molecule is [2H]c1c([2H])c([2H])c(-c2c3c([2H])c([2H])c([2H])c([2H])c3c(-c3ccc4c(c3)oc3ccc5c(-c6ccccc6)coc5c34)c3c([2H])c([2H])c([2H])c([2H])c23)c([2H])c1[2H]. The lowest BCUT2D eigenvalue weighted by molar-refractivity contribution is 0.619. The van der Waals surface area contributed by atoms with E-state index >= 15 is 0 Å². The van der Waals surface area contributed by atoms with Gasteiger partial charge in [0.1, 0.15) is 16.7 Å². The van der Waals surface area contributed by atoms with Crippen LogP contribution in [0.4, 0.5) is 0 Å². The molecular formula is C40H24O2. The molecule has 7 aromatic carbocycles. The van der Waals surface area contributed by atoms with Gasteiger partial charge in [0.05, 0.1) is 29.5 Å². The van der Waals surface area contributed by atoms with Crippen LogP contribution in [0, 0.1) is 0 Å². The average molecular weight is 550 g/mol. The van der Waals surface area contributed by atoms with Crippen molar-refractivity contribution >= 4 is 54.5 Å². The predicted octanol–water partition coefficient (Wildman–Crippen LogP) is 11.6. The van der Waals surface area contributed by atoms with Gasteiger partial charge in [0.2, 0.25) is 0 Å². The maximum absolute atomic E-state index is 9.19. The Kier molecular flexibility index (Phi) is 2.95. The molecule has 0 bridgehead atoms. The van der Waals surface area contributed by atoms with Crippen LogP contribution in [-0.4, -0.2) is 0 Å². The summed E-state index contributed by atoms with van der Waals surface area (Å²) in [4.78, 5) is 0. The minimum Gasteiger partial charge on any atom is -0.463 e. The summed E-state index contributed by atoms with van der Waals surface area (Å²) in [6, 6.07) is 10.0. The average Bonchev–Trinajstić information content (AvgIpc) is 3.80. The van der Waals surface area contributed by atoms with Crippen LogP contribution in [0.15, 0.2) is 154 Å². The van der Waals surface area contributed by atoms with Crippen LogP contribution in [0.1, 0.15) is 17.8 Å². The van der Waals surface area contributed by atoms with Crippen molar-refractivity contribution in [3.8, 4) is 33.4 Å². The second kappa shape index (κ2) is 8.95. The maximum atomic E-state index is 9.19. The first-order chi connectivity index (χ1) is 26.2. The first-order valence-corrected chi connectivity index (χ1v) is 13.2. The van der Waals surface area contributed by atoms with E-state index in [0.29, 0.717) is 27.5 Å². The van der Waals surface area contributed by atoms with Crippen molar-refractivity contribution in [3.05, 3.63) is 145 Å². The van der Waals surface area contributed by atoms with E-state index in [9.17, 15) is 2.74 Å². The monoisotopic (exact) mass is 549 g/mol. The molecule has 196 valence electrons. The molecule has 0 amide bonds. The van der Waals surface area contributed by atoms with Crippen molar-refractivity contribution in [2.24, 2.45) is 0 Å². The van der Waals surface area contributed by atoms with Gasteiger partial charge in [0.15, 0.2) is 0 Å². The lowest BCUT2D eigenvalue weighted by Gasteiger charge is -2.17. The van der Waals surface area contributed by atoms with Crippen LogP contribution in [0.2, 0.25) is 0 Å². The fourth-order valence-corrected chi connectivity index (χ4v) is 5.89. The largest absolute Gasteiger partial charge is 0.463 e. The number of hydrogen-bond donors (Lipinski definition) is 0. The molecule has 2 heterocycles. The van der Waals surface area contributed by atoms with Crippen molar-refractivity contribution in [2.45, 2.75) is 0 Å². The molecule has 2 aromatic heterocycles. The topological polar surface area (TPSA) is 26.3 Å². The van der Waals surface area contributed by atoms with E-state index in [4.69, 9.17) is 23.9 Å². The van der Waals surface area contributed by atoms with Gasteiger partial charge >= 0.3 is 0 Å². The lowest BCUT2D eigenvalue weighted by atomic mass is 9.86. The van der Waals surface area contributed by atoms with Crippen LogP contribution >= 0.6 is 0 Å². The van der Waals surface area contributed by atoms with Crippen molar-refractivity contribution < 1.29 is 26.7 Å². The summed E-state index contributed by atoms with van der Waals surface area (Å²) in [5.41, 5.74) is 2.82. The van der Waals surface area contributed by atoms with E-state index in [1.807, 2.05) is 42.5 Å². The van der Waals surface area contributed by atoms with Gasteiger partial charge in [-0.2, -0.15) is 0 Å². The summed E-state index contributed by atoms with van der Waals surface area (Å²) in [5, 5.41) is 1.34. The van der Waals surface area contributed by atoms with Gasteiger partial charge in [-0.1, -0.05) is 115 Å². The molecule has 0 saturated carbocycles. The third-order valence-corrected chi connectivity index (χ3v) is 7.67.